The van der Waals surface area contributed by atoms with Crippen LogP contribution in [0.25, 0.3) is 10.9 Å². The Morgan fingerprint density at radius 1 is 1.12 bits per heavy atom. The van der Waals surface area contributed by atoms with E-state index in [4.69, 9.17) is 0 Å². The minimum absolute atomic E-state index is 0.137. The molecule has 122 valence electrons. The fourth-order valence-corrected chi connectivity index (χ4v) is 3.91. The van der Waals surface area contributed by atoms with Gasteiger partial charge in [0, 0.05) is 29.7 Å². The zero-order valence-electron chi connectivity index (χ0n) is 13.6. The van der Waals surface area contributed by atoms with E-state index in [1.54, 1.807) is 4.90 Å². The Balaban J connectivity index is 1.90. The molecule has 24 heavy (non-hydrogen) atoms. The molecular weight excluding hydrogens is 300 g/mol. The van der Waals surface area contributed by atoms with Crippen LogP contribution < -0.4 is 0 Å². The van der Waals surface area contributed by atoms with E-state index in [9.17, 15) is 9.90 Å². The van der Waals surface area contributed by atoms with E-state index < -0.39 is 6.09 Å². The van der Waals surface area contributed by atoms with Crippen LogP contribution in [0.2, 0.25) is 0 Å². The first kappa shape index (κ1) is 14.8. The highest BCUT2D eigenvalue weighted by molar-refractivity contribution is 5.86. The third kappa shape index (κ3) is 2.26. The number of nitrogens with zero attached hydrogens (tertiary/aromatic N) is 2. The average molecular weight is 320 g/mol. The standard InChI is InChI=1S/C20H20N2O2/c1-14-19-17(11-12-21(14)20(23)24)16-9-5-6-10-18(16)22(19)13-15-7-3-2-4-8-15/h2-10,14H,11-13H2,1H3,(H,23,24). The SMILES string of the molecule is CC1c2c(c3ccccc3n2Cc2ccccc2)CCN1C(=O)O. The molecule has 4 heteroatoms. The topological polar surface area (TPSA) is 45.5 Å². The van der Waals surface area contributed by atoms with Gasteiger partial charge in [0.25, 0.3) is 0 Å². The largest absolute Gasteiger partial charge is 0.465 e. The summed E-state index contributed by atoms with van der Waals surface area (Å²) in [4.78, 5) is 13.1. The Hall–Kier alpha value is -2.75. The second-order valence-electron chi connectivity index (χ2n) is 6.35. The van der Waals surface area contributed by atoms with E-state index in [0.717, 1.165) is 18.7 Å². The summed E-state index contributed by atoms with van der Waals surface area (Å²) < 4.78 is 2.29. The summed E-state index contributed by atoms with van der Waals surface area (Å²) in [7, 11) is 0. The van der Waals surface area contributed by atoms with Crippen molar-refractivity contribution in [2.75, 3.05) is 6.54 Å². The van der Waals surface area contributed by atoms with Gasteiger partial charge in [-0.1, -0.05) is 48.5 Å². The van der Waals surface area contributed by atoms with Gasteiger partial charge in [0.15, 0.2) is 0 Å². The normalized spacial score (nSPS) is 17.0. The van der Waals surface area contributed by atoms with Gasteiger partial charge in [0.05, 0.1) is 6.04 Å². The zero-order chi connectivity index (χ0) is 16.7. The number of hydrogen-bond donors (Lipinski definition) is 1. The first-order valence-electron chi connectivity index (χ1n) is 8.30. The molecule has 1 atom stereocenters. The summed E-state index contributed by atoms with van der Waals surface area (Å²) in [5.41, 5.74) is 4.84. The van der Waals surface area contributed by atoms with Crippen molar-refractivity contribution in [1.29, 1.82) is 0 Å². The van der Waals surface area contributed by atoms with Crippen molar-refractivity contribution in [2.45, 2.75) is 25.9 Å². The van der Waals surface area contributed by atoms with Crippen LogP contribution in [0.3, 0.4) is 0 Å². The van der Waals surface area contributed by atoms with Gasteiger partial charge in [0.1, 0.15) is 0 Å². The number of aromatic nitrogens is 1. The Kier molecular flexibility index (Phi) is 3.53. The molecule has 1 aliphatic rings. The molecule has 1 amide bonds. The Bertz CT molecular complexity index is 899. The molecule has 0 fully saturated rings. The second-order valence-corrected chi connectivity index (χ2v) is 6.35. The first-order valence-corrected chi connectivity index (χ1v) is 8.30. The van der Waals surface area contributed by atoms with Crippen molar-refractivity contribution in [1.82, 2.24) is 9.47 Å². The van der Waals surface area contributed by atoms with Crippen molar-refractivity contribution in [2.24, 2.45) is 0 Å². The van der Waals surface area contributed by atoms with Crippen LogP contribution in [0.5, 0.6) is 0 Å². The van der Waals surface area contributed by atoms with Gasteiger partial charge < -0.3 is 9.67 Å². The van der Waals surface area contributed by atoms with Crippen LogP contribution in [-0.2, 0) is 13.0 Å². The third-order valence-corrected chi connectivity index (χ3v) is 5.02. The van der Waals surface area contributed by atoms with E-state index in [-0.39, 0.29) is 6.04 Å². The number of para-hydroxylation sites is 1. The molecule has 1 aliphatic heterocycles. The van der Waals surface area contributed by atoms with Gasteiger partial charge in [-0.3, -0.25) is 4.90 Å². The highest BCUT2D eigenvalue weighted by Crippen LogP contribution is 2.37. The highest BCUT2D eigenvalue weighted by atomic mass is 16.4. The first-order chi connectivity index (χ1) is 11.7. The molecule has 0 bridgehead atoms. The van der Waals surface area contributed by atoms with Crippen molar-refractivity contribution < 1.29 is 9.90 Å². The number of rotatable bonds is 2. The molecular formula is C20H20N2O2. The van der Waals surface area contributed by atoms with Crippen molar-refractivity contribution >= 4 is 17.0 Å². The van der Waals surface area contributed by atoms with Crippen molar-refractivity contribution in [3.63, 3.8) is 0 Å². The van der Waals surface area contributed by atoms with E-state index in [1.165, 1.54) is 22.0 Å². The van der Waals surface area contributed by atoms with E-state index >= 15 is 0 Å². The summed E-state index contributed by atoms with van der Waals surface area (Å²) >= 11 is 0. The molecule has 1 unspecified atom stereocenters. The molecule has 4 rings (SSSR count). The minimum atomic E-state index is -0.843. The molecule has 4 nitrogen and oxygen atoms in total. The fourth-order valence-electron chi connectivity index (χ4n) is 3.91. The number of amides is 1. The van der Waals surface area contributed by atoms with Crippen LogP contribution in [0.1, 0.15) is 29.8 Å². The quantitative estimate of drug-likeness (QED) is 0.765. The van der Waals surface area contributed by atoms with Gasteiger partial charge in [-0.25, -0.2) is 4.79 Å². The summed E-state index contributed by atoms with van der Waals surface area (Å²) in [6.45, 7) is 3.31. The Morgan fingerprint density at radius 3 is 2.58 bits per heavy atom. The molecule has 0 saturated heterocycles. The van der Waals surface area contributed by atoms with Gasteiger partial charge >= 0.3 is 6.09 Å². The van der Waals surface area contributed by atoms with Gasteiger partial charge in [0.2, 0.25) is 0 Å². The molecule has 2 heterocycles. The van der Waals surface area contributed by atoms with Crippen LogP contribution in [0, 0.1) is 0 Å². The summed E-state index contributed by atoms with van der Waals surface area (Å²) in [5, 5.41) is 10.8. The van der Waals surface area contributed by atoms with Crippen molar-refractivity contribution in [3.8, 4) is 0 Å². The number of hydrogen-bond acceptors (Lipinski definition) is 1. The van der Waals surface area contributed by atoms with Crippen LogP contribution in [-0.4, -0.2) is 27.2 Å². The molecule has 0 saturated carbocycles. The average Bonchev–Trinajstić information content (AvgIpc) is 2.91. The predicted molar refractivity (Wildman–Crippen MR) is 94.3 cm³/mol. The van der Waals surface area contributed by atoms with Crippen molar-refractivity contribution in [3.05, 3.63) is 71.4 Å². The smallest absolute Gasteiger partial charge is 0.407 e. The maximum atomic E-state index is 11.6. The van der Waals surface area contributed by atoms with E-state index in [1.807, 2.05) is 25.1 Å². The molecule has 0 radical (unpaired) electrons. The summed E-state index contributed by atoms with van der Waals surface area (Å²) in [5.74, 6) is 0. The number of benzene rings is 2. The van der Waals surface area contributed by atoms with Crippen LogP contribution in [0.15, 0.2) is 54.6 Å². The zero-order valence-corrected chi connectivity index (χ0v) is 13.6. The highest BCUT2D eigenvalue weighted by Gasteiger charge is 2.32. The molecule has 0 aliphatic carbocycles. The molecule has 2 aromatic carbocycles. The minimum Gasteiger partial charge on any atom is -0.465 e. The second kappa shape index (κ2) is 5.71. The van der Waals surface area contributed by atoms with Gasteiger partial charge in [-0.2, -0.15) is 0 Å². The van der Waals surface area contributed by atoms with E-state index in [2.05, 4.69) is 41.0 Å². The van der Waals surface area contributed by atoms with Gasteiger partial charge in [-0.05, 0) is 30.5 Å². The molecule has 3 aromatic rings. The lowest BCUT2D eigenvalue weighted by atomic mass is 9.98. The summed E-state index contributed by atoms with van der Waals surface area (Å²) in [6, 6.07) is 18.6. The van der Waals surface area contributed by atoms with Crippen LogP contribution in [0.4, 0.5) is 4.79 Å². The monoisotopic (exact) mass is 320 g/mol. The Morgan fingerprint density at radius 2 is 1.83 bits per heavy atom. The lowest BCUT2D eigenvalue weighted by molar-refractivity contribution is 0.122. The number of carboxylic acid groups (broad SMARTS) is 1. The maximum Gasteiger partial charge on any atom is 0.407 e. The number of fused-ring (bicyclic) bond motifs is 3. The molecule has 0 spiro atoms. The van der Waals surface area contributed by atoms with Crippen LogP contribution >= 0.6 is 0 Å². The third-order valence-electron chi connectivity index (χ3n) is 5.02. The summed E-state index contributed by atoms with van der Waals surface area (Å²) in [6.07, 6.45) is -0.0708. The van der Waals surface area contributed by atoms with E-state index in [0.29, 0.717) is 6.54 Å². The fraction of sp³-hybridized carbons (Fsp3) is 0.250. The molecule has 1 N–H and O–H groups in total. The van der Waals surface area contributed by atoms with Gasteiger partial charge in [-0.15, -0.1) is 0 Å². The molecule has 1 aromatic heterocycles. The predicted octanol–water partition coefficient (Wildman–Crippen LogP) is 4.29. The maximum absolute atomic E-state index is 11.6. The lowest BCUT2D eigenvalue weighted by Gasteiger charge is -2.33. The number of carbonyl (C=O) groups is 1. The Labute approximate surface area is 140 Å². The lowest BCUT2D eigenvalue weighted by Crippen LogP contribution is -2.38.